The summed E-state index contributed by atoms with van der Waals surface area (Å²) in [5.41, 5.74) is -1.07. The van der Waals surface area contributed by atoms with Crippen LogP contribution in [0.4, 0.5) is 0 Å². The van der Waals surface area contributed by atoms with Crippen molar-refractivity contribution in [3.05, 3.63) is 56.3 Å². The van der Waals surface area contributed by atoms with Crippen LogP contribution in [0.25, 0.3) is 11.0 Å². The second-order valence-corrected chi connectivity index (χ2v) is 8.95. The number of hydrogen-bond donors (Lipinski definition) is 0. The summed E-state index contributed by atoms with van der Waals surface area (Å²) < 4.78 is 28.9. The van der Waals surface area contributed by atoms with Gasteiger partial charge in [0.15, 0.2) is 5.65 Å². The van der Waals surface area contributed by atoms with Crippen molar-refractivity contribution in [2.45, 2.75) is 44.7 Å². The van der Waals surface area contributed by atoms with Crippen LogP contribution in [0.2, 0.25) is 5.02 Å². The summed E-state index contributed by atoms with van der Waals surface area (Å²) in [6.45, 7) is 6.96. The molecule has 144 valence electrons. The van der Waals surface area contributed by atoms with Crippen LogP contribution in [0.3, 0.4) is 0 Å². The van der Waals surface area contributed by atoms with Gasteiger partial charge in [0.05, 0.1) is 11.1 Å². The molecule has 0 bridgehead atoms. The zero-order chi connectivity index (χ0) is 20.1. The maximum absolute atomic E-state index is 12.9. The van der Waals surface area contributed by atoms with Gasteiger partial charge in [0.25, 0.3) is 15.6 Å². The monoisotopic (exact) mass is 410 g/mol. The van der Waals surface area contributed by atoms with Crippen molar-refractivity contribution in [1.29, 1.82) is 0 Å². The van der Waals surface area contributed by atoms with Crippen LogP contribution in [0.1, 0.15) is 39.8 Å². The number of benzene rings is 1. The second-order valence-electron chi connectivity index (χ2n) is 6.72. The van der Waals surface area contributed by atoms with Crippen molar-refractivity contribution in [3.63, 3.8) is 0 Å². The Morgan fingerprint density at radius 3 is 2.22 bits per heavy atom. The topological polar surface area (TPSA) is 96.0 Å². The molecule has 0 atom stereocenters. The summed E-state index contributed by atoms with van der Waals surface area (Å²) in [5.74, 6) is 0. The van der Waals surface area contributed by atoms with Crippen LogP contribution in [-0.4, -0.2) is 26.7 Å². The smallest absolute Gasteiger partial charge is 0.273 e. The van der Waals surface area contributed by atoms with E-state index in [1.54, 1.807) is 33.8 Å². The molecule has 0 aliphatic heterocycles. The molecule has 2 heterocycles. The summed E-state index contributed by atoms with van der Waals surface area (Å²) in [4.78, 5) is 25.5. The number of hydrogen-bond acceptors (Lipinski definition) is 5. The lowest BCUT2D eigenvalue weighted by Gasteiger charge is -2.15. The van der Waals surface area contributed by atoms with Crippen molar-refractivity contribution in [2.24, 2.45) is 0 Å². The third-order valence-electron chi connectivity index (χ3n) is 4.14. The molecule has 1 aromatic carbocycles. The molecule has 3 aromatic rings. The molecule has 0 aliphatic rings. The average Bonchev–Trinajstić information content (AvgIpc) is 3.00. The van der Waals surface area contributed by atoms with Crippen LogP contribution < -0.4 is 11.2 Å². The summed E-state index contributed by atoms with van der Waals surface area (Å²) >= 11 is 5.89. The molecule has 0 amide bonds. The van der Waals surface area contributed by atoms with Crippen LogP contribution in [0, 0.1) is 0 Å². The Labute approximate surface area is 160 Å². The third kappa shape index (κ3) is 3.10. The predicted octanol–water partition coefficient (Wildman–Crippen LogP) is 2.41. The highest BCUT2D eigenvalue weighted by Gasteiger charge is 2.24. The summed E-state index contributed by atoms with van der Waals surface area (Å²) in [6.07, 6.45) is 1.14. The van der Waals surface area contributed by atoms with Gasteiger partial charge in [0.1, 0.15) is 5.39 Å². The van der Waals surface area contributed by atoms with Crippen LogP contribution in [0.5, 0.6) is 0 Å². The molecule has 27 heavy (non-hydrogen) atoms. The fourth-order valence-electron chi connectivity index (χ4n) is 2.88. The van der Waals surface area contributed by atoms with E-state index in [1.807, 2.05) is 0 Å². The van der Waals surface area contributed by atoms with E-state index in [9.17, 15) is 18.0 Å². The molecule has 3 rings (SSSR count). The van der Waals surface area contributed by atoms with Crippen LogP contribution in [0.15, 0.2) is 44.9 Å². The van der Waals surface area contributed by atoms with Gasteiger partial charge in [-0.1, -0.05) is 17.7 Å². The fraction of sp³-hybridized carbons (Fsp3) is 0.353. The zero-order valence-electron chi connectivity index (χ0n) is 15.2. The second kappa shape index (κ2) is 6.65. The van der Waals surface area contributed by atoms with E-state index in [2.05, 4.69) is 5.10 Å². The Balaban J connectivity index is 2.39. The van der Waals surface area contributed by atoms with E-state index >= 15 is 0 Å². The number of nitrogens with zero attached hydrogens (tertiary/aromatic N) is 4. The van der Waals surface area contributed by atoms with Gasteiger partial charge >= 0.3 is 5.69 Å². The Kier molecular flexibility index (Phi) is 4.77. The standard InChI is InChI=1S/C17H19ClN4O4S/c1-10(2)21-15-14(16(23)22(11(3)4)17(21)24)9-20(19-15)27(25,26)13-7-5-6-12(18)8-13/h5-11H,1-4H3. The molecule has 10 heteroatoms. The lowest BCUT2D eigenvalue weighted by atomic mass is 10.3. The van der Waals surface area contributed by atoms with Crippen LogP contribution in [-0.2, 0) is 10.0 Å². The molecule has 0 saturated carbocycles. The third-order valence-corrected chi connectivity index (χ3v) is 5.90. The Hall–Kier alpha value is -2.39. The van der Waals surface area contributed by atoms with Crippen LogP contribution >= 0.6 is 11.6 Å². The number of rotatable bonds is 4. The first-order valence-electron chi connectivity index (χ1n) is 8.33. The van der Waals surface area contributed by atoms with E-state index in [-0.39, 0.29) is 33.0 Å². The highest BCUT2D eigenvalue weighted by molar-refractivity contribution is 7.89. The summed E-state index contributed by atoms with van der Waals surface area (Å²) in [7, 11) is -4.07. The highest BCUT2D eigenvalue weighted by atomic mass is 35.5. The van der Waals surface area contributed by atoms with Gasteiger partial charge in [-0.15, -0.1) is 5.10 Å². The molecule has 0 saturated heterocycles. The normalized spacial score (nSPS) is 12.4. The first-order chi connectivity index (χ1) is 12.6. The molecule has 0 N–H and O–H groups in total. The predicted molar refractivity (Wildman–Crippen MR) is 103 cm³/mol. The minimum absolute atomic E-state index is 0.0301. The van der Waals surface area contributed by atoms with E-state index in [0.29, 0.717) is 4.09 Å². The van der Waals surface area contributed by atoms with E-state index in [1.165, 1.54) is 22.8 Å². The molecule has 8 nitrogen and oxygen atoms in total. The quantitative estimate of drug-likeness (QED) is 0.658. The SMILES string of the molecule is CC(C)n1c(=O)c2cn(S(=O)(=O)c3cccc(Cl)c3)nc2n(C(C)C)c1=O. The minimum atomic E-state index is -4.07. The van der Waals surface area contributed by atoms with Gasteiger partial charge < -0.3 is 0 Å². The van der Waals surface area contributed by atoms with Crippen molar-refractivity contribution in [2.75, 3.05) is 0 Å². The Morgan fingerprint density at radius 2 is 1.67 bits per heavy atom. The molecular weight excluding hydrogens is 392 g/mol. The Bertz CT molecular complexity index is 1250. The maximum Gasteiger partial charge on any atom is 0.333 e. The zero-order valence-corrected chi connectivity index (χ0v) is 16.8. The van der Waals surface area contributed by atoms with Gasteiger partial charge in [0, 0.05) is 17.1 Å². The van der Waals surface area contributed by atoms with E-state index < -0.39 is 21.3 Å². The van der Waals surface area contributed by atoms with E-state index in [4.69, 9.17) is 11.6 Å². The molecule has 0 unspecified atom stereocenters. The number of aromatic nitrogens is 4. The van der Waals surface area contributed by atoms with Crippen molar-refractivity contribution in [3.8, 4) is 0 Å². The first kappa shape index (κ1) is 19.4. The van der Waals surface area contributed by atoms with Gasteiger partial charge in [-0.3, -0.25) is 13.9 Å². The number of fused-ring (bicyclic) bond motifs is 1. The van der Waals surface area contributed by atoms with Gasteiger partial charge in [-0.05, 0) is 45.9 Å². The molecule has 0 aliphatic carbocycles. The molecule has 0 spiro atoms. The minimum Gasteiger partial charge on any atom is -0.273 e. The van der Waals surface area contributed by atoms with E-state index in [0.717, 1.165) is 10.8 Å². The Morgan fingerprint density at radius 1 is 1.04 bits per heavy atom. The van der Waals surface area contributed by atoms with Crippen molar-refractivity contribution in [1.82, 2.24) is 18.3 Å². The fourth-order valence-corrected chi connectivity index (χ4v) is 4.30. The molecule has 0 radical (unpaired) electrons. The van der Waals surface area contributed by atoms with Gasteiger partial charge in [-0.2, -0.15) is 12.5 Å². The first-order valence-corrected chi connectivity index (χ1v) is 10.1. The lowest BCUT2D eigenvalue weighted by molar-refractivity contribution is 0.486. The van der Waals surface area contributed by atoms with Crippen molar-refractivity contribution < 1.29 is 8.42 Å². The average molecular weight is 411 g/mol. The maximum atomic E-state index is 12.9. The van der Waals surface area contributed by atoms with Gasteiger partial charge in [0.2, 0.25) is 0 Å². The number of halogens is 1. The lowest BCUT2D eigenvalue weighted by Crippen LogP contribution is -2.41. The highest BCUT2D eigenvalue weighted by Crippen LogP contribution is 2.20. The van der Waals surface area contributed by atoms with Crippen molar-refractivity contribution >= 4 is 32.7 Å². The molecule has 2 aromatic heterocycles. The molecular formula is C17H19ClN4O4S. The van der Waals surface area contributed by atoms with Gasteiger partial charge in [-0.25, -0.2) is 4.79 Å². The largest absolute Gasteiger partial charge is 0.333 e. The summed E-state index contributed by atoms with van der Waals surface area (Å²) in [5, 5.41) is 4.39. The molecule has 0 fully saturated rings. The summed E-state index contributed by atoms with van der Waals surface area (Å²) in [6, 6.07) is 5.04.